The van der Waals surface area contributed by atoms with Crippen molar-refractivity contribution in [3.8, 4) is 11.3 Å². The first-order valence-corrected chi connectivity index (χ1v) is 6.61. The average Bonchev–Trinajstić information content (AvgIpc) is 3.06. The van der Waals surface area contributed by atoms with E-state index in [-0.39, 0.29) is 18.9 Å². The Balaban J connectivity index is 1.84. The number of aryl methyl sites for hydroxylation is 1. The number of benzene rings is 1. The molecule has 1 atom stereocenters. The number of aromatic nitrogens is 1. The lowest BCUT2D eigenvalue weighted by atomic mass is 10.1. The van der Waals surface area contributed by atoms with Crippen LogP contribution < -0.4 is 4.90 Å². The predicted octanol–water partition coefficient (Wildman–Crippen LogP) is 2.09. The van der Waals surface area contributed by atoms with Crippen molar-refractivity contribution in [3.63, 3.8) is 0 Å². The van der Waals surface area contributed by atoms with Crippen LogP contribution in [0.3, 0.4) is 0 Å². The van der Waals surface area contributed by atoms with Crippen molar-refractivity contribution >= 4 is 17.8 Å². The summed E-state index contributed by atoms with van der Waals surface area (Å²) in [6.07, 6.45) is -0.00407. The van der Waals surface area contributed by atoms with Crippen molar-refractivity contribution in [2.45, 2.75) is 13.3 Å². The van der Waals surface area contributed by atoms with Crippen LogP contribution in [-0.2, 0) is 9.59 Å². The molecule has 2 heterocycles. The minimum absolute atomic E-state index is 0.00407. The Bertz CT molecular complexity index is 690. The number of hydrogen-bond donors (Lipinski definition) is 1. The van der Waals surface area contributed by atoms with E-state index in [4.69, 9.17) is 9.63 Å². The summed E-state index contributed by atoms with van der Waals surface area (Å²) in [4.78, 5) is 24.1. The van der Waals surface area contributed by atoms with Crippen LogP contribution in [0.4, 0.5) is 5.88 Å². The number of hydrogen-bond acceptors (Lipinski definition) is 4. The van der Waals surface area contributed by atoms with Gasteiger partial charge in [0.25, 0.3) is 0 Å². The first-order valence-electron chi connectivity index (χ1n) is 6.61. The zero-order valence-corrected chi connectivity index (χ0v) is 11.4. The second-order valence-corrected chi connectivity index (χ2v) is 5.16. The second kappa shape index (κ2) is 5.05. The van der Waals surface area contributed by atoms with Crippen LogP contribution in [0.15, 0.2) is 34.9 Å². The number of nitrogens with zero attached hydrogens (tertiary/aromatic N) is 2. The molecular weight excluding hydrogens is 272 g/mol. The molecule has 1 N–H and O–H groups in total. The number of carbonyl (C=O) groups is 2. The van der Waals surface area contributed by atoms with Gasteiger partial charge >= 0.3 is 5.97 Å². The normalized spacial score (nSPS) is 18.2. The van der Waals surface area contributed by atoms with Gasteiger partial charge in [-0.1, -0.05) is 35.0 Å². The topological polar surface area (TPSA) is 83.6 Å². The highest BCUT2D eigenvalue weighted by atomic mass is 16.5. The molecule has 0 radical (unpaired) electrons. The highest BCUT2D eigenvalue weighted by molar-refractivity contribution is 5.98. The maximum atomic E-state index is 11.9. The summed E-state index contributed by atoms with van der Waals surface area (Å²) < 4.78 is 5.19. The summed E-state index contributed by atoms with van der Waals surface area (Å²) in [6, 6.07) is 9.43. The summed E-state index contributed by atoms with van der Waals surface area (Å²) in [6.45, 7) is 2.11. The van der Waals surface area contributed by atoms with E-state index in [0.717, 1.165) is 11.1 Å². The fourth-order valence-electron chi connectivity index (χ4n) is 2.34. The van der Waals surface area contributed by atoms with Gasteiger partial charge in [-0.2, -0.15) is 0 Å². The number of carboxylic acid groups (broad SMARTS) is 1. The zero-order chi connectivity index (χ0) is 15.0. The molecule has 0 spiro atoms. The molecule has 3 rings (SSSR count). The molecule has 1 fully saturated rings. The molecule has 21 heavy (non-hydrogen) atoms. The Morgan fingerprint density at radius 1 is 1.38 bits per heavy atom. The molecule has 6 heteroatoms. The largest absolute Gasteiger partial charge is 0.481 e. The highest BCUT2D eigenvalue weighted by Gasteiger charge is 2.36. The molecule has 0 bridgehead atoms. The number of rotatable bonds is 3. The minimum Gasteiger partial charge on any atom is -0.481 e. The summed E-state index contributed by atoms with van der Waals surface area (Å²) in [5, 5.41) is 12.9. The van der Waals surface area contributed by atoms with E-state index in [1.807, 2.05) is 31.2 Å². The maximum absolute atomic E-state index is 11.9. The lowest BCUT2D eigenvalue weighted by molar-refractivity contribution is -0.141. The van der Waals surface area contributed by atoms with E-state index in [9.17, 15) is 9.59 Å². The van der Waals surface area contributed by atoms with Crippen molar-refractivity contribution in [1.82, 2.24) is 5.16 Å². The third-order valence-electron chi connectivity index (χ3n) is 3.59. The molecule has 0 aliphatic carbocycles. The fraction of sp³-hybridized carbons (Fsp3) is 0.267. The van der Waals surface area contributed by atoms with E-state index in [1.165, 1.54) is 4.90 Å². The van der Waals surface area contributed by atoms with Crippen LogP contribution in [0.2, 0.25) is 0 Å². The molecule has 1 saturated heterocycles. The van der Waals surface area contributed by atoms with Crippen LogP contribution in [0, 0.1) is 12.8 Å². The number of carbonyl (C=O) groups excluding carboxylic acids is 1. The summed E-state index contributed by atoms with van der Waals surface area (Å²) in [5.41, 5.74) is 2.65. The molecule has 1 aliphatic heterocycles. The van der Waals surface area contributed by atoms with Crippen molar-refractivity contribution in [2.24, 2.45) is 5.92 Å². The van der Waals surface area contributed by atoms with Crippen molar-refractivity contribution in [3.05, 3.63) is 35.9 Å². The van der Waals surface area contributed by atoms with Gasteiger partial charge in [0.05, 0.1) is 5.92 Å². The zero-order valence-electron chi connectivity index (χ0n) is 11.4. The van der Waals surface area contributed by atoms with Gasteiger partial charge in [0.15, 0.2) is 0 Å². The first kappa shape index (κ1) is 13.4. The van der Waals surface area contributed by atoms with E-state index in [0.29, 0.717) is 11.6 Å². The summed E-state index contributed by atoms with van der Waals surface area (Å²) >= 11 is 0. The summed E-state index contributed by atoms with van der Waals surface area (Å²) in [5.74, 6) is -1.62. The van der Waals surface area contributed by atoms with Gasteiger partial charge < -0.3 is 9.63 Å². The molecule has 0 saturated carbocycles. The second-order valence-electron chi connectivity index (χ2n) is 5.16. The van der Waals surface area contributed by atoms with E-state index >= 15 is 0 Å². The Morgan fingerprint density at radius 3 is 2.71 bits per heavy atom. The number of aliphatic carboxylic acids is 1. The lowest BCUT2D eigenvalue weighted by Gasteiger charge is -2.10. The Kier molecular flexibility index (Phi) is 3.21. The fourth-order valence-corrected chi connectivity index (χ4v) is 2.34. The van der Waals surface area contributed by atoms with Crippen molar-refractivity contribution in [1.29, 1.82) is 0 Å². The SMILES string of the molecule is Cc1ccc(-c2cc(N3CC(C(=O)O)CC3=O)on2)cc1. The van der Waals surface area contributed by atoms with Gasteiger partial charge in [0, 0.05) is 24.6 Å². The van der Waals surface area contributed by atoms with E-state index in [1.54, 1.807) is 6.07 Å². The van der Waals surface area contributed by atoms with Crippen molar-refractivity contribution in [2.75, 3.05) is 11.4 Å². The predicted molar refractivity (Wildman–Crippen MR) is 74.8 cm³/mol. The Labute approximate surface area is 121 Å². The van der Waals surface area contributed by atoms with Crippen LogP contribution >= 0.6 is 0 Å². The molecule has 1 aromatic heterocycles. The molecule has 1 unspecified atom stereocenters. The molecule has 2 aromatic rings. The molecule has 1 amide bonds. The summed E-state index contributed by atoms with van der Waals surface area (Å²) in [7, 11) is 0. The van der Waals surface area contributed by atoms with Crippen LogP contribution in [-0.4, -0.2) is 28.7 Å². The lowest BCUT2D eigenvalue weighted by Crippen LogP contribution is -2.25. The van der Waals surface area contributed by atoms with Crippen molar-refractivity contribution < 1.29 is 19.2 Å². The highest BCUT2D eigenvalue weighted by Crippen LogP contribution is 2.29. The van der Waals surface area contributed by atoms with Gasteiger partial charge in [0.1, 0.15) is 5.69 Å². The smallest absolute Gasteiger partial charge is 0.308 e. The van der Waals surface area contributed by atoms with Crippen LogP contribution in [0.25, 0.3) is 11.3 Å². The van der Waals surface area contributed by atoms with Crippen LogP contribution in [0.5, 0.6) is 0 Å². The Morgan fingerprint density at radius 2 is 2.10 bits per heavy atom. The number of amides is 1. The van der Waals surface area contributed by atoms with Crippen LogP contribution in [0.1, 0.15) is 12.0 Å². The molecular formula is C15H14N2O4. The van der Waals surface area contributed by atoms with Gasteiger partial charge in [-0.25, -0.2) is 0 Å². The van der Waals surface area contributed by atoms with Gasteiger partial charge in [-0.3, -0.25) is 14.5 Å². The first-order chi connectivity index (χ1) is 10.0. The van der Waals surface area contributed by atoms with Gasteiger partial charge in [-0.15, -0.1) is 0 Å². The van der Waals surface area contributed by atoms with Gasteiger partial charge in [-0.05, 0) is 6.92 Å². The quantitative estimate of drug-likeness (QED) is 0.934. The number of carboxylic acids is 1. The minimum atomic E-state index is -0.968. The third kappa shape index (κ3) is 2.52. The molecule has 1 aromatic carbocycles. The number of anilines is 1. The van der Waals surface area contributed by atoms with E-state index < -0.39 is 11.9 Å². The van der Waals surface area contributed by atoms with Gasteiger partial charge in [0.2, 0.25) is 11.8 Å². The maximum Gasteiger partial charge on any atom is 0.308 e. The van der Waals surface area contributed by atoms with E-state index in [2.05, 4.69) is 5.16 Å². The molecule has 108 valence electrons. The average molecular weight is 286 g/mol. The third-order valence-corrected chi connectivity index (χ3v) is 3.59. The molecule has 1 aliphatic rings. The standard InChI is InChI=1S/C15H14N2O4/c1-9-2-4-10(5-3-9)12-7-14(21-16-12)17-8-11(15(19)20)6-13(17)18/h2-5,7,11H,6,8H2,1H3,(H,19,20). The monoisotopic (exact) mass is 286 g/mol. The Hall–Kier alpha value is -2.63. The molecule has 6 nitrogen and oxygen atoms in total.